The Morgan fingerprint density at radius 3 is 2.60 bits per heavy atom. The highest BCUT2D eigenvalue weighted by Gasteiger charge is 2.35. The second-order valence-electron chi connectivity index (χ2n) is 6.95. The number of piperidine rings is 2. The Bertz CT molecular complexity index is 668. The molecule has 8 nitrogen and oxygen atoms in total. The van der Waals surface area contributed by atoms with E-state index in [1.54, 1.807) is 6.33 Å². The normalized spacial score (nSPS) is 23.7. The van der Waals surface area contributed by atoms with Crippen molar-refractivity contribution < 1.29 is 13.2 Å². The van der Waals surface area contributed by atoms with Crippen LogP contribution in [0, 0.1) is 5.92 Å². The Morgan fingerprint density at radius 1 is 1.20 bits per heavy atom. The number of sulfonamides is 1. The Hall–Kier alpha value is -1.48. The number of carbonyl (C=O) groups is 1. The Morgan fingerprint density at radius 2 is 1.96 bits per heavy atom. The molecule has 2 fully saturated rings. The average Bonchev–Trinajstić information content (AvgIpc) is 3.16. The van der Waals surface area contributed by atoms with Gasteiger partial charge in [-0.1, -0.05) is 6.92 Å². The molecule has 0 N–H and O–H groups in total. The summed E-state index contributed by atoms with van der Waals surface area (Å²) in [7, 11) is -3.22. The quantitative estimate of drug-likeness (QED) is 0.769. The van der Waals surface area contributed by atoms with Crippen LogP contribution in [0.25, 0.3) is 0 Å². The van der Waals surface area contributed by atoms with Crippen molar-refractivity contribution in [1.29, 1.82) is 0 Å². The van der Waals surface area contributed by atoms with E-state index in [-0.39, 0.29) is 17.6 Å². The second kappa shape index (κ2) is 7.82. The van der Waals surface area contributed by atoms with Gasteiger partial charge in [0.05, 0.1) is 17.7 Å². The SMILES string of the molecule is CCCS(=O)(=O)N1CCCC(C(=O)N2CCC(n3cncn3)CC2)C1. The zero-order valence-corrected chi connectivity index (χ0v) is 15.6. The molecule has 0 aromatic carbocycles. The molecule has 2 aliphatic rings. The summed E-state index contributed by atoms with van der Waals surface area (Å²) >= 11 is 0. The van der Waals surface area contributed by atoms with Gasteiger partial charge in [0.25, 0.3) is 0 Å². The molecule has 3 rings (SSSR count). The molecule has 9 heteroatoms. The fourth-order valence-electron chi connectivity index (χ4n) is 3.80. The van der Waals surface area contributed by atoms with Crippen molar-refractivity contribution >= 4 is 15.9 Å². The van der Waals surface area contributed by atoms with Crippen LogP contribution >= 0.6 is 0 Å². The molecule has 0 bridgehead atoms. The van der Waals surface area contributed by atoms with E-state index in [1.165, 1.54) is 10.6 Å². The molecule has 1 unspecified atom stereocenters. The van der Waals surface area contributed by atoms with E-state index in [9.17, 15) is 13.2 Å². The third-order valence-electron chi connectivity index (χ3n) is 5.18. The lowest BCUT2D eigenvalue weighted by atomic mass is 9.96. The largest absolute Gasteiger partial charge is 0.342 e. The summed E-state index contributed by atoms with van der Waals surface area (Å²) < 4.78 is 28.0. The number of hydrogen-bond donors (Lipinski definition) is 0. The minimum absolute atomic E-state index is 0.105. The molecule has 0 saturated carbocycles. The van der Waals surface area contributed by atoms with Gasteiger partial charge in [-0.25, -0.2) is 22.4 Å². The number of aromatic nitrogens is 3. The van der Waals surface area contributed by atoms with Crippen LogP contribution in [0.3, 0.4) is 0 Å². The van der Waals surface area contributed by atoms with Crippen LogP contribution in [0.5, 0.6) is 0 Å². The molecule has 1 amide bonds. The maximum Gasteiger partial charge on any atom is 0.227 e. The summed E-state index contributed by atoms with van der Waals surface area (Å²) in [5.74, 6) is 0.0637. The van der Waals surface area contributed by atoms with Gasteiger partial charge in [-0.05, 0) is 32.1 Å². The minimum atomic E-state index is -3.22. The van der Waals surface area contributed by atoms with Crippen LogP contribution in [0.15, 0.2) is 12.7 Å². The maximum absolute atomic E-state index is 12.8. The minimum Gasteiger partial charge on any atom is -0.342 e. The van der Waals surface area contributed by atoms with Crippen molar-refractivity contribution in [2.75, 3.05) is 31.9 Å². The maximum atomic E-state index is 12.8. The van der Waals surface area contributed by atoms with E-state index in [1.807, 2.05) is 16.5 Å². The van der Waals surface area contributed by atoms with E-state index in [0.29, 0.717) is 38.6 Å². The van der Waals surface area contributed by atoms with Crippen LogP contribution in [0.2, 0.25) is 0 Å². The predicted octanol–water partition coefficient (Wildman–Crippen LogP) is 0.893. The van der Waals surface area contributed by atoms with Gasteiger partial charge in [0.2, 0.25) is 15.9 Å². The molecule has 2 aliphatic heterocycles. The topological polar surface area (TPSA) is 88.4 Å². The number of rotatable bonds is 5. The highest BCUT2D eigenvalue weighted by Crippen LogP contribution is 2.26. The number of likely N-dealkylation sites (tertiary alicyclic amines) is 1. The van der Waals surface area contributed by atoms with Gasteiger partial charge >= 0.3 is 0 Å². The summed E-state index contributed by atoms with van der Waals surface area (Å²) in [4.78, 5) is 18.7. The lowest BCUT2D eigenvalue weighted by Gasteiger charge is -2.37. The molecular formula is C16H27N5O3S. The van der Waals surface area contributed by atoms with Crippen molar-refractivity contribution in [3.05, 3.63) is 12.7 Å². The highest BCUT2D eigenvalue weighted by atomic mass is 32.2. The number of hydrogen-bond acceptors (Lipinski definition) is 5. The van der Waals surface area contributed by atoms with Gasteiger partial charge in [-0.2, -0.15) is 5.10 Å². The molecule has 2 saturated heterocycles. The molecule has 25 heavy (non-hydrogen) atoms. The Kier molecular flexibility index (Phi) is 5.73. The molecule has 0 aliphatic carbocycles. The van der Waals surface area contributed by atoms with E-state index in [0.717, 1.165) is 25.7 Å². The summed E-state index contributed by atoms with van der Waals surface area (Å²) in [5.41, 5.74) is 0. The first kappa shape index (κ1) is 18.3. The van der Waals surface area contributed by atoms with Crippen LogP contribution in [0.4, 0.5) is 0 Å². The smallest absolute Gasteiger partial charge is 0.227 e. The van der Waals surface area contributed by atoms with Crippen LogP contribution in [0.1, 0.15) is 45.1 Å². The lowest BCUT2D eigenvalue weighted by Crippen LogP contribution is -2.49. The molecule has 0 spiro atoms. The summed E-state index contributed by atoms with van der Waals surface area (Å²) in [6.45, 7) is 4.14. The van der Waals surface area contributed by atoms with Gasteiger partial charge in [0.1, 0.15) is 12.7 Å². The monoisotopic (exact) mass is 369 g/mol. The standard InChI is InChI=1S/C16H27N5O3S/c1-2-10-25(23,24)20-7-3-4-14(11-20)16(22)19-8-5-15(6-9-19)21-13-17-12-18-21/h12-15H,2-11H2,1H3. The lowest BCUT2D eigenvalue weighted by molar-refractivity contribution is -0.138. The first-order valence-electron chi connectivity index (χ1n) is 9.12. The first-order valence-corrected chi connectivity index (χ1v) is 10.7. The van der Waals surface area contributed by atoms with Crippen LogP contribution < -0.4 is 0 Å². The third-order valence-corrected chi connectivity index (χ3v) is 7.22. The van der Waals surface area contributed by atoms with Crippen LogP contribution in [-0.4, -0.2) is 70.2 Å². The van der Waals surface area contributed by atoms with Gasteiger partial charge in [0.15, 0.2) is 0 Å². The molecule has 1 atom stereocenters. The van der Waals surface area contributed by atoms with E-state index in [2.05, 4.69) is 10.1 Å². The predicted molar refractivity (Wildman–Crippen MR) is 93.2 cm³/mol. The molecule has 0 radical (unpaired) electrons. The van der Waals surface area contributed by atoms with Gasteiger partial charge in [-0.15, -0.1) is 0 Å². The van der Waals surface area contributed by atoms with Crippen molar-refractivity contribution in [1.82, 2.24) is 24.0 Å². The van der Waals surface area contributed by atoms with Gasteiger partial charge in [-0.3, -0.25) is 4.79 Å². The van der Waals surface area contributed by atoms with E-state index < -0.39 is 10.0 Å². The van der Waals surface area contributed by atoms with Crippen molar-refractivity contribution in [3.63, 3.8) is 0 Å². The van der Waals surface area contributed by atoms with Crippen molar-refractivity contribution in [3.8, 4) is 0 Å². The molecule has 3 heterocycles. The average molecular weight is 369 g/mol. The molecule has 140 valence electrons. The number of amides is 1. The fourth-order valence-corrected chi connectivity index (χ4v) is 5.39. The van der Waals surface area contributed by atoms with Crippen molar-refractivity contribution in [2.45, 2.75) is 45.1 Å². The Labute approximate surface area is 149 Å². The number of carbonyl (C=O) groups excluding carboxylic acids is 1. The van der Waals surface area contributed by atoms with Gasteiger partial charge < -0.3 is 4.90 Å². The zero-order chi connectivity index (χ0) is 17.9. The molecule has 1 aromatic rings. The fraction of sp³-hybridized carbons (Fsp3) is 0.812. The van der Waals surface area contributed by atoms with Crippen LogP contribution in [-0.2, 0) is 14.8 Å². The summed E-state index contributed by atoms with van der Waals surface area (Å²) in [6.07, 6.45) is 7.12. The summed E-state index contributed by atoms with van der Waals surface area (Å²) in [6, 6.07) is 0.291. The second-order valence-corrected chi connectivity index (χ2v) is 9.03. The molecular weight excluding hydrogens is 342 g/mol. The summed E-state index contributed by atoms with van der Waals surface area (Å²) in [5, 5.41) is 4.18. The zero-order valence-electron chi connectivity index (χ0n) is 14.7. The third kappa shape index (κ3) is 4.20. The number of nitrogens with zero attached hydrogens (tertiary/aromatic N) is 5. The van der Waals surface area contributed by atoms with E-state index >= 15 is 0 Å². The van der Waals surface area contributed by atoms with E-state index in [4.69, 9.17) is 0 Å². The molecule has 1 aromatic heterocycles. The van der Waals surface area contributed by atoms with Crippen molar-refractivity contribution in [2.24, 2.45) is 5.92 Å². The van der Waals surface area contributed by atoms with Gasteiger partial charge in [0, 0.05) is 26.2 Å². The Balaban J connectivity index is 1.56. The highest BCUT2D eigenvalue weighted by molar-refractivity contribution is 7.89. The first-order chi connectivity index (χ1) is 12.0.